The molecule has 0 unspecified atom stereocenters. The predicted molar refractivity (Wildman–Crippen MR) is 62.4 cm³/mol. The quantitative estimate of drug-likeness (QED) is 0.767. The lowest BCUT2D eigenvalue weighted by Gasteiger charge is -2.09. The van der Waals surface area contributed by atoms with Gasteiger partial charge >= 0.3 is 0 Å². The molecule has 0 aliphatic carbocycles. The summed E-state index contributed by atoms with van der Waals surface area (Å²) in [5.41, 5.74) is 0.530. The van der Waals surface area contributed by atoms with Crippen LogP contribution >= 0.6 is 11.3 Å². The van der Waals surface area contributed by atoms with Crippen LogP contribution in [0, 0.1) is 6.92 Å². The number of aromatic nitrogens is 1. The number of nitrogens with one attached hydrogen (secondary N) is 1. The van der Waals surface area contributed by atoms with Gasteiger partial charge < -0.3 is 10.2 Å². The third kappa shape index (κ3) is 4.40. The first-order valence-corrected chi connectivity index (χ1v) is 5.82. The smallest absolute Gasteiger partial charge is 0.270 e. The predicted octanol–water partition coefficient (Wildman–Crippen LogP) is 1.13. The van der Waals surface area contributed by atoms with E-state index in [1.807, 2.05) is 21.0 Å². The second kappa shape index (κ2) is 5.82. The molecule has 1 rings (SSSR count). The fourth-order valence-corrected chi connectivity index (χ4v) is 1.75. The Morgan fingerprint density at radius 3 is 2.87 bits per heavy atom. The van der Waals surface area contributed by atoms with Crippen LogP contribution < -0.4 is 5.32 Å². The van der Waals surface area contributed by atoms with Gasteiger partial charge in [0.15, 0.2) is 0 Å². The molecule has 0 saturated carbocycles. The zero-order valence-electron chi connectivity index (χ0n) is 9.41. The maximum absolute atomic E-state index is 11.5. The Bertz CT molecular complexity index is 322. The van der Waals surface area contributed by atoms with Crippen LogP contribution in [-0.4, -0.2) is 43.0 Å². The molecule has 4 nitrogen and oxygen atoms in total. The summed E-state index contributed by atoms with van der Waals surface area (Å²) in [7, 11) is 4.04. The standard InChI is InChI=1S/C10H17N3OS/c1-8-12-9(7-15-8)10(14)11-5-4-6-13(2)3/h7H,4-6H2,1-3H3,(H,11,14). The molecule has 0 aromatic carbocycles. The maximum Gasteiger partial charge on any atom is 0.270 e. The zero-order chi connectivity index (χ0) is 11.3. The molecule has 15 heavy (non-hydrogen) atoms. The first-order valence-electron chi connectivity index (χ1n) is 4.94. The Morgan fingerprint density at radius 2 is 2.33 bits per heavy atom. The maximum atomic E-state index is 11.5. The van der Waals surface area contributed by atoms with Gasteiger partial charge in [0.2, 0.25) is 0 Å². The number of hydrogen-bond acceptors (Lipinski definition) is 4. The molecule has 1 heterocycles. The lowest BCUT2D eigenvalue weighted by atomic mass is 10.4. The van der Waals surface area contributed by atoms with Crippen LogP contribution in [0.25, 0.3) is 0 Å². The van der Waals surface area contributed by atoms with E-state index in [-0.39, 0.29) is 5.91 Å². The van der Waals surface area contributed by atoms with Crippen molar-refractivity contribution in [1.82, 2.24) is 15.2 Å². The van der Waals surface area contributed by atoms with E-state index >= 15 is 0 Å². The van der Waals surface area contributed by atoms with Crippen molar-refractivity contribution < 1.29 is 4.79 Å². The number of rotatable bonds is 5. The topological polar surface area (TPSA) is 45.2 Å². The number of amides is 1. The van der Waals surface area contributed by atoms with Gasteiger partial charge in [-0.15, -0.1) is 11.3 Å². The summed E-state index contributed by atoms with van der Waals surface area (Å²) in [6.07, 6.45) is 0.960. The normalized spacial score (nSPS) is 10.7. The highest BCUT2D eigenvalue weighted by molar-refractivity contribution is 7.09. The van der Waals surface area contributed by atoms with Gasteiger partial charge in [0, 0.05) is 11.9 Å². The van der Waals surface area contributed by atoms with E-state index in [1.165, 1.54) is 11.3 Å². The van der Waals surface area contributed by atoms with Crippen molar-refractivity contribution in [2.75, 3.05) is 27.2 Å². The van der Waals surface area contributed by atoms with Crippen molar-refractivity contribution in [2.24, 2.45) is 0 Å². The molecule has 5 heteroatoms. The Morgan fingerprint density at radius 1 is 1.60 bits per heavy atom. The molecule has 0 fully saturated rings. The summed E-state index contributed by atoms with van der Waals surface area (Å²) in [5.74, 6) is -0.0712. The van der Waals surface area contributed by atoms with Crippen LogP contribution in [0.3, 0.4) is 0 Å². The van der Waals surface area contributed by atoms with Gasteiger partial charge in [-0.05, 0) is 34.0 Å². The Hall–Kier alpha value is -0.940. The highest BCUT2D eigenvalue weighted by Gasteiger charge is 2.07. The molecule has 1 amide bonds. The van der Waals surface area contributed by atoms with Crippen molar-refractivity contribution in [3.63, 3.8) is 0 Å². The highest BCUT2D eigenvalue weighted by Crippen LogP contribution is 2.07. The van der Waals surface area contributed by atoms with Crippen LogP contribution in [0.4, 0.5) is 0 Å². The average Bonchev–Trinajstić information content (AvgIpc) is 2.59. The molecular formula is C10H17N3OS. The number of nitrogens with zero attached hydrogens (tertiary/aromatic N) is 2. The Kier molecular flexibility index (Phi) is 4.71. The summed E-state index contributed by atoms with van der Waals surface area (Å²) >= 11 is 1.50. The fourth-order valence-electron chi connectivity index (χ4n) is 1.16. The van der Waals surface area contributed by atoms with Crippen molar-refractivity contribution >= 4 is 17.2 Å². The minimum Gasteiger partial charge on any atom is -0.351 e. The molecule has 0 radical (unpaired) electrons. The Balaban J connectivity index is 2.25. The van der Waals surface area contributed by atoms with Crippen LogP contribution in [-0.2, 0) is 0 Å². The van der Waals surface area contributed by atoms with Crippen LogP contribution in [0.15, 0.2) is 5.38 Å². The number of thiazole rings is 1. The first-order chi connectivity index (χ1) is 7.09. The molecule has 1 aromatic rings. The third-order valence-corrected chi connectivity index (χ3v) is 2.69. The van der Waals surface area contributed by atoms with E-state index in [0.717, 1.165) is 18.0 Å². The highest BCUT2D eigenvalue weighted by atomic mass is 32.1. The van der Waals surface area contributed by atoms with Crippen molar-refractivity contribution in [3.8, 4) is 0 Å². The summed E-state index contributed by atoms with van der Waals surface area (Å²) in [6.45, 7) is 3.58. The van der Waals surface area contributed by atoms with E-state index in [4.69, 9.17) is 0 Å². The summed E-state index contributed by atoms with van der Waals surface area (Å²) in [5, 5.41) is 5.56. The van der Waals surface area contributed by atoms with Crippen LogP contribution in [0.5, 0.6) is 0 Å². The third-order valence-electron chi connectivity index (χ3n) is 1.92. The lowest BCUT2D eigenvalue weighted by molar-refractivity contribution is 0.0948. The van der Waals surface area contributed by atoms with E-state index in [1.54, 1.807) is 5.38 Å². The van der Waals surface area contributed by atoms with Gasteiger partial charge in [0.25, 0.3) is 5.91 Å². The summed E-state index contributed by atoms with van der Waals surface area (Å²) < 4.78 is 0. The number of carbonyl (C=O) groups is 1. The van der Waals surface area contributed by atoms with Crippen molar-refractivity contribution in [3.05, 3.63) is 16.1 Å². The van der Waals surface area contributed by atoms with Gasteiger partial charge in [-0.25, -0.2) is 4.98 Å². The molecule has 0 saturated heterocycles. The van der Waals surface area contributed by atoms with Gasteiger partial charge in [-0.1, -0.05) is 0 Å². The minimum atomic E-state index is -0.0712. The average molecular weight is 227 g/mol. The fraction of sp³-hybridized carbons (Fsp3) is 0.600. The molecular weight excluding hydrogens is 210 g/mol. The van der Waals surface area contributed by atoms with Gasteiger partial charge in [-0.3, -0.25) is 4.79 Å². The molecule has 84 valence electrons. The number of hydrogen-bond donors (Lipinski definition) is 1. The largest absolute Gasteiger partial charge is 0.351 e. The second-order valence-electron chi connectivity index (χ2n) is 3.66. The lowest BCUT2D eigenvalue weighted by Crippen LogP contribution is -2.27. The SMILES string of the molecule is Cc1nc(C(=O)NCCCN(C)C)cs1. The molecule has 1 aromatic heterocycles. The first kappa shape index (κ1) is 12.1. The van der Waals surface area contributed by atoms with Gasteiger partial charge in [0.05, 0.1) is 5.01 Å². The van der Waals surface area contributed by atoms with Crippen LogP contribution in [0.2, 0.25) is 0 Å². The van der Waals surface area contributed by atoms with E-state index in [0.29, 0.717) is 12.2 Å². The molecule has 0 spiro atoms. The van der Waals surface area contributed by atoms with Crippen molar-refractivity contribution in [1.29, 1.82) is 0 Å². The monoisotopic (exact) mass is 227 g/mol. The molecule has 0 atom stereocenters. The number of aryl methyl sites for hydroxylation is 1. The van der Waals surface area contributed by atoms with E-state index in [9.17, 15) is 4.79 Å². The minimum absolute atomic E-state index is 0.0712. The molecule has 0 aliphatic heterocycles. The van der Waals surface area contributed by atoms with Crippen LogP contribution in [0.1, 0.15) is 21.9 Å². The number of carbonyl (C=O) groups excluding carboxylic acids is 1. The molecule has 1 N–H and O–H groups in total. The van der Waals surface area contributed by atoms with Gasteiger partial charge in [-0.2, -0.15) is 0 Å². The van der Waals surface area contributed by atoms with Crippen molar-refractivity contribution in [2.45, 2.75) is 13.3 Å². The van der Waals surface area contributed by atoms with E-state index in [2.05, 4.69) is 15.2 Å². The zero-order valence-corrected chi connectivity index (χ0v) is 10.2. The summed E-state index contributed by atoms with van der Waals surface area (Å²) in [6, 6.07) is 0. The van der Waals surface area contributed by atoms with E-state index < -0.39 is 0 Å². The summed E-state index contributed by atoms with van der Waals surface area (Å²) in [4.78, 5) is 17.7. The second-order valence-corrected chi connectivity index (χ2v) is 4.73. The molecule has 0 bridgehead atoms. The van der Waals surface area contributed by atoms with Gasteiger partial charge in [0.1, 0.15) is 5.69 Å². The Labute approximate surface area is 94.3 Å². The molecule has 0 aliphatic rings.